The number of benzene rings is 5. The van der Waals surface area contributed by atoms with Gasteiger partial charge in [0.15, 0.2) is 0 Å². The summed E-state index contributed by atoms with van der Waals surface area (Å²) in [6, 6.07) is 44.1. The maximum absolute atomic E-state index is 14.8. The Morgan fingerprint density at radius 1 is 0.773 bits per heavy atom. The molecule has 0 spiro atoms. The summed E-state index contributed by atoms with van der Waals surface area (Å²) in [5.74, 6) is 0.198. The number of para-hydroxylation sites is 2. The summed E-state index contributed by atoms with van der Waals surface area (Å²) in [4.78, 5) is 33.0. The van der Waals surface area contributed by atoms with Crippen molar-refractivity contribution in [2.75, 3.05) is 9.80 Å². The number of ether oxygens (including phenoxy) is 1. The SMILES string of the molecule is CC1=C(c2ccccc2)O[C@@]2(c3ccccc3)C[C@@H](c3cccc(Br)c3)N(C(=O)c3ccccc3)c3ccccc3N2C1=O. The van der Waals surface area contributed by atoms with E-state index < -0.39 is 11.8 Å². The van der Waals surface area contributed by atoms with E-state index in [0.717, 1.165) is 21.2 Å². The lowest BCUT2D eigenvalue weighted by molar-refractivity contribution is -0.122. The van der Waals surface area contributed by atoms with Gasteiger partial charge in [0.25, 0.3) is 11.8 Å². The number of rotatable bonds is 4. The molecule has 44 heavy (non-hydrogen) atoms. The second-order valence-electron chi connectivity index (χ2n) is 11.0. The second-order valence-corrected chi connectivity index (χ2v) is 11.9. The maximum Gasteiger partial charge on any atom is 0.261 e. The Labute approximate surface area is 265 Å². The number of nitrogens with zero attached hydrogens (tertiary/aromatic N) is 2. The lowest BCUT2D eigenvalue weighted by atomic mass is 9.87. The van der Waals surface area contributed by atoms with Gasteiger partial charge >= 0.3 is 0 Å². The minimum Gasteiger partial charge on any atom is -0.462 e. The zero-order valence-corrected chi connectivity index (χ0v) is 25.6. The third kappa shape index (κ3) is 4.63. The molecule has 2 aliphatic rings. The van der Waals surface area contributed by atoms with E-state index in [2.05, 4.69) is 15.9 Å². The van der Waals surface area contributed by atoms with Gasteiger partial charge in [0.1, 0.15) is 5.76 Å². The lowest BCUT2D eigenvalue weighted by Gasteiger charge is -2.47. The molecule has 0 saturated carbocycles. The Balaban J connectivity index is 1.55. The predicted molar refractivity (Wildman–Crippen MR) is 177 cm³/mol. The highest BCUT2D eigenvalue weighted by Gasteiger charge is 2.55. The molecule has 0 N–H and O–H groups in total. The highest BCUT2D eigenvalue weighted by atomic mass is 79.9. The van der Waals surface area contributed by atoms with Crippen molar-refractivity contribution in [3.05, 3.63) is 172 Å². The van der Waals surface area contributed by atoms with Crippen molar-refractivity contribution in [2.24, 2.45) is 0 Å². The van der Waals surface area contributed by atoms with Crippen LogP contribution in [0.25, 0.3) is 5.76 Å². The van der Waals surface area contributed by atoms with E-state index in [1.54, 1.807) is 4.90 Å². The Bertz CT molecular complexity index is 1890. The van der Waals surface area contributed by atoms with E-state index in [9.17, 15) is 9.59 Å². The first kappa shape index (κ1) is 27.9. The molecule has 6 heteroatoms. The van der Waals surface area contributed by atoms with Crippen LogP contribution in [-0.4, -0.2) is 11.8 Å². The third-order valence-electron chi connectivity index (χ3n) is 8.39. The molecule has 5 aromatic carbocycles. The number of carbonyl (C=O) groups is 2. The molecule has 0 radical (unpaired) electrons. The first-order valence-corrected chi connectivity index (χ1v) is 15.4. The Morgan fingerprint density at radius 3 is 2.07 bits per heavy atom. The fourth-order valence-electron chi connectivity index (χ4n) is 6.36. The maximum atomic E-state index is 14.8. The summed E-state index contributed by atoms with van der Waals surface area (Å²) >= 11 is 3.66. The molecular formula is C38H29BrN2O3. The normalized spacial score (nSPS) is 19.5. The van der Waals surface area contributed by atoms with Gasteiger partial charge < -0.3 is 4.74 Å². The average molecular weight is 642 g/mol. The Hall–Kier alpha value is -4.94. The van der Waals surface area contributed by atoms with Gasteiger partial charge in [-0.15, -0.1) is 0 Å². The number of anilines is 2. The zero-order valence-electron chi connectivity index (χ0n) is 24.1. The smallest absolute Gasteiger partial charge is 0.261 e. The molecule has 2 heterocycles. The van der Waals surface area contributed by atoms with E-state index in [-0.39, 0.29) is 18.2 Å². The van der Waals surface area contributed by atoms with Crippen molar-refractivity contribution in [3.8, 4) is 0 Å². The zero-order chi connectivity index (χ0) is 30.3. The summed E-state index contributed by atoms with van der Waals surface area (Å²) in [7, 11) is 0. The van der Waals surface area contributed by atoms with Gasteiger partial charge in [-0.25, -0.2) is 0 Å². The van der Waals surface area contributed by atoms with Crippen LogP contribution in [0.1, 0.15) is 46.4 Å². The molecular weight excluding hydrogens is 612 g/mol. The minimum atomic E-state index is -1.28. The highest BCUT2D eigenvalue weighted by Crippen LogP contribution is 2.55. The number of hydrogen-bond acceptors (Lipinski definition) is 3. The Morgan fingerprint density at radius 2 is 1.39 bits per heavy atom. The largest absolute Gasteiger partial charge is 0.462 e. The molecule has 216 valence electrons. The first-order valence-electron chi connectivity index (χ1n) is 14.6. The Kier molecular flexibility index (Phi) is 7.15. The molecule has 2 aliphatic heterocycles. The van der Waals surface area contributed by atoms with Crippen molar-refractivity contribution < 1.29 is 14.3 Å². The van der Waals surface area contributed by atoms with Crippen molar-refractivity contribution in [1.82, 2.24) is 0 Å². The summed E-state index contributed by atoms with van der Waals surface area (Å²) in [6.45, 7) is 1.81. The van der Waals surface area contributed by atoms with Crippen LogP contribution in [0.2, 0.25) is 0 Å². The van der Waals surface area contributed by atoms with Crippen LogP contribution in [0.5, 0.6) is 0 Å². The number of amides is 2. The molecule has 5 nitrogen and oxygen atoms in total. The van der Waals surface area contributed by atoms with Crippen molar-refractivity contribution in [3.63, 3.8) is 0 Å². The molecule has 0 aliphatic carbocycles. The molecule has 0 unspecified atom stereocenters. The monoisotopic (exact) mass is 640 g/mol. The molecule has 2 atom stereocenters. The van der Waals surface area contributed by atoms with Crippen molar-refractivity contribution >= 4 is 44.9 Å². The number of carbonyl (C=O) groups excluding carboxylic acids is 2. The van der Waals surface area contributed by atoms with E-state index in [1.807, 2.05) is 151 Å². The lowest BCUT2D eigenvalue weighted by Crippen LogP contribution is -2.55. The van der Waals surface area contributed by atoms with Gasteiger partial charge in [-0.3, -0.25) is 19.4 Å². The molecule has 5 aromatic rings. The third-order valence-corrected chi connectivity index (χ3v) is 8.89. The first-order chi connectivity index (χ1) is 21.5. The van der Waals surface area contributed by atoms with Gasteiger partial charge in [0, 0.05) is 27.6 Å². The summed E-state index contributed by atoms with van der Waals surface area (Å²) < 4.78 is 8.12. The summed E-state index contributed by atoms with van der Waals surface area (Å²) in [6.07, 6.45) is 0.274. The standard InChI is InChI=1S/C38H29BrN2O3/c1-26-35(27-14-5-2-6-15-27)44-38(30-19-9-4-10-20-30)25-34(29-18-13-21-31(39)24-29)40(37(43)28-16-7-3-8-17-28)32-22-11-12-23-33(32)41(38)36(26)42/h2-24,34H,25H2,1H3/t34-,38+/m0/s1. The van der Waals surface area contributed by atoms with Gasteiger partial charge in [-0.05, 0) is 48.9 Å². The van der Waals surface area contributed by atoms with Crippen LogP contribution < -0.4 is 9.80 Å². The van der Waals surface area contributed by atoms with Crippen LogP contribution in [0.4, 0.5) is 11.4 Å². The topological polar surface area (TPSA) is 49.9 Å². The van der Waals surface area contributed by atoms with Crippen molar-refractivity contribution in [1.29, 1.82) is 0 Å². The average Bonchev–Trinajstić information content (AvgIpc) is 3.21. The molecule has 0 saturated heterocycles. The molecule has 7 rings (SSSR count). The van der Waals surface area contributed by atoms with Crippen LogP contribution in [-0.2, 0) is 15.3 Å². The van der Waals surface area contributed by atoms with Crippen LogP contribution >= 0.6 is 15.9 Å². The predicted octanol–water partition coefficient (Wildman–Crippen LogP) is 8.89. The van der Waals surface area contributed by atoms with E-state index in [1.165, 1.54) is 0 Å². The van der Waals surface area contributed by atoms with Crippen molar-refractivity contribution in [2.45, 2.75) is 25.1 Å². The summed E-state index contributed by atoms with van der Waals surface area (Å²) in [5.41, 5.74) is 3.57. The van der Waals surface area contributed by atoms with Crippen LogP contribution in [0.15, 0.2) is 150 Å². The number of halogens is 1. The number of hydrogen-bond donors (Lipinski definition) is 0. The highest BCUT2D eigenvalue weighted by molar-refractivity contribution is 9.10. The number of fused-ring (bicyclic) bond motifs is 3. The second kappa shape index (κ2) is 11.3. The fourth-order valence-corrected chi connectivity index (χ4v) is 6.77. The van der Waals surface area contributed by atoms with E-state index in [0.29, 0.717) is 28.3 Å². The van der Waals surface area contributed by atoms with Gasteiger partial charge in [-0.1, -0.05) is 119 Å². The quantitative estimate of drug-likeness (QED) is 0.197. The molecule has 0 fully saturated rings. The van der Waals surface area contributed by atoms with Gasteiger partial charge in [0.2, 0.25) is 5.72 Å². The van der Waals surface area contributed by atoms with E-state index >= 15 is 0 Å². The van der Waals surface area contributed by atoms with Crippen LogP contribution in [0, 0.1) is 0 Å². The fraction of sp³-hybridized carbons (Fsp3) is 0.105. The molecule has 0 bridgehead atoms. The van der Waals surface area contributed by atoms with E-state index in [4.69, 9.17) is 4.74 Å². The minimum absolute atomic E-state index is 0.161. The molecule has 0 aromatic heterocycles. The summed E-state index contributed by atoms with van der Waals surface area (Å²) in [5, 5.41) is 0. The molecule has 2 amide bonds. The van der Waals surface area contributed by atoms with Crippen LogP contribution in [0.3, 0.4) is 0 Å². The van der Waals surface area contributed by atoms with Gasteiger partial charge in [-0.2, -0.15) is 0 Å². The van der Waals surface area contributed by atoms with Gasteiger partial charge in [0.05, 0.1) is 23.0 Å².